The van der Waals surface area contributed by atoms with Gasteiger partial charge in [-0.1, -0.05) is 30.3 Å². The van der Waals surface area contributed by atoms with Crippen molar-refractivity contribution in [1.82, 2.24) is 10.4 Å². The first kappa shape index (κ1) is 14.7. The van der Waals surface area contributed by atoms with Gasteiger partial charge in [-0.2, -0.15) is 0 Å². The van der Waals surface area contributed by atoms with E-state index in [0.717, 1.165) is 5.56 Å². The van der Waals surface area contributed by atoms with E-state index in [2.05, 4.69) is 5.48 Å². The van der Waals surface area contributed by atoms with E-state index in [1.54, 1.807) is 0 Å². The molecule has 0 aromatic heterocycles. The van der Waals surface area contributed by atoms with Crippen LogP contribution in [0.2, 0.25) is 0 Å². The Morgan fingerprint density at radius 2 is 2.20 bits per heavy atom. The highest BCUT2D eigenvalue weighted by Gasteiger charge is 2.30. The molecule has 1 aliphatic rings. The lowest BCUT2D eigenvalue weighted by molar-refractivity contribution is -0.0958. The Hall–Kier alpha value is -1.73. The Morgan fingerprint density at radius 1 is 1.45 bits per heavy atom. The lowest BCUT2D eigenvalue weighted by Gasteiger charge is -2.32. The van der Waals surface area contributed by atoms with Crippen LogP contribution in [0.15, 0.2) is 30.3 Å². The van der Waals surface area contributed by atoms with Crippen molar-refractivity contribution >= 4 is 6.03 Å². The summed E-state index contributed by atoms with van der Waals surface area (Å²) < 4.78 is 29.9. The van der Waals surface area contributed by atoms with E-state index < -0.39 is 18.6 Å². The quantitative estimate of drug-likeness (QED) is 0.859. The summed E-state index contributed by atoms with van der Waals surface area (Å²) in [6.45, 7) is 0.443. The molecule has 1 atom stereocenters. The highest BCUT2D eigenvalue weighted by atomic mass is 19.3. The second-order valence-corrected chi connectivity index (χ2v) is 4.37. The highest BCUT2D eigenvalue weighted by Crippen LogP contribution is 2.12. The SMILES string of the molecule is O=C(NOCc1ccccc1)N1CCOC(C(F)F)C1. The molecule has 1 N–H and O–H groups in total. The van der Waals surface area contributed by atoms with E-state index in [0.29, 0.717) is 0 Å². The Morgan fingerprint density at radius 3 is 2.90 bits per heavy atom. The van der Waals surface area contributed by atoms with Gasteiger partial charge in [0.15, 0.2) is 0 Å². The van der Waals surface area contributed by atoms with Crippen molar-refractivity contribution in [2.24, 2.45) is 0 Å². The van der Waals surface area contributed by atoms with E-state index in [4.69, 9.17) is 9.57 Å². The fourth-order valence-electron chi connectivity index (χ4n) is 1.83. The number of hydroxylamine groups is 1. The van der Waals surface area contributed by atoms with Crippen molar-refractivity contribution in [3.63, 3.8) is 0 Å². The Kier molecular flexibility index (Phi) is 5.25. The molecule has 1 saturated heterocycles. The fourth-order valence-corrected chi connectivity index (χ4v) is 1.83. The predicted molar refractivity (Wildman–Crippen MR) is 67.1 cm³/mol. The lowest BCUT2D eigenvalue weighted by atomic mass is 10.2. The topological polar surface area (TPSA) is 50.8 Å². The summed E-state index contributed by atoms with van der Waals surface area (Å²) in [7, 11) is 0. The van der Waals surface area contributed by atoms with E-state index in [1.807, 2.05) is 30.3 Å². The van der Waals surface area contributed by atoms with Crippen molar-refractivity contribution in [3.8, 4) is 0 Å². The number of alkyl halides is 2. The number of nitrogens with one attached hydrogen (secondary N) is 1. The van der Waals surface area contributed by atoms with Crippen molar-refractivity contribution in [2.45, 2.75) is 19.1 Å². The summed E-state index contributed by atoms with van der Waals surface area (Å²) in [4.78, 5) is 18.1. The number of carbonyl (C=O) groups is 1. The first-order valence-corrected chi connectivity index (χ1v) is 6.27. The standard InChI is InChI=1S/C13H16F2N2O3/c14-12(15)11-8-17(6-7-19-11)13(18)16-20-9-10-4-2-1-3-5-10/h1-5,11-12H,6-9H2,(H,16,18). The molecular weight excluding hydrogens is 270 g/mol. The van der Waals surface area contributed by atoms with Gasteiger partial charge < -0.3 is 9.64 Å². The number of amides is 2. The Bertz CT molecular complexity index is 431. The number of nitrogens with zero attached hydrogens (tertiary/aromatic N) is 1. The first-order chi connectivity index (χ1) is 9.66. The summed E-state index contributed by atoms with van der Waals surface area (Å²) in [5, 5.41) is 0. The molecule has 0 saturated carbocycles. The van der Waals surface area contributed by atoms with Crippen LogP contribution in [0.3, 0.4) is 0 Å². The van der Waals surface area contributed by atoms with Crippen LogP contribution in [0.5, 0.6) is 0 Å². The van der Waals surface area contributed by atoms with Gasteiger partial charge in [0.25, 0.3) is 6.43 Å². The van der Waals surface area contributed by atoms with Crippen molar-refractivity contribution in [1.29, 1.82) is 0 Å². The van der Waals surface area contributed by atoms with Gasteiger partial charge in [0.2, 0.25) is 0 Å². The summed E-state index contributed by atoms with van der Waals surface area (Å²) >= 11 is 0. The number of ether oxygens (including phenoxy) is 1. The van der Waals surface area contributed by atoms with Gasteiger partial charge in [-0.05, 0) is 5.56 Å². The van der Waals surface area contributed by atoms with Crippen LogP contribution in [-0.2, 0) is 16.2 Å². The molecule has 5 nitrogen and oxygen atoms in total. The van der Waals surface area contributed by atoms with E-state index in [9.17, 15) is 13.6 Å². The molecule has 0 bridgehead atoms. The van der Waals surface area contributed by atoms with Crippen LogP contribution in [-0.4, -0.2) is 43.2 Å². The maximum Gasteiger partial charge on any atom is 0.341 e. The maximum atomic E-state index is 12.5. The average molecular weight is 286 g/mol. The smallest absolute Gasteiger partial charge is 0.341 e. The Balaban J connectivity index is 1.74. The largest absolute Gasteiger partial charge is 0.369 e. The van der Waals surface area contributed by atoms with Crippen LogP contribution in [0.25, 0.3) is 0 Å². The first-order valence-electron chi connectivity index (χ1n) is 6.27. The third-order valence-electron chi connectivity index (χ3n) is 2.90. The zero-order valence-corrected chi connectivity index (χ0v) is 10.8. The highest BCUT2D eigenvalue weighted by molar-refractivity contribution is 5.73. The average Bonchev–Trinajstić information content (AvgIpc) is 2.48. The zero-order chi connectivity index (χ0) is 14.4. The second-order valence-electron chi connectivity index (χ2n) is 4.37. The molecular formula is C13H16F2N2O3. The van der Waals surface area contributed by atoms with Gasteiger partial charge in [0.05, 0.1) is 19.8 Å². The summed E-state index contributed by atoms with van der Waals surface area (Å²) in [6, 6.07) is 8.77. The number of morpholine rings is 1. The molecule has 1 aromatic carbocycles. The van der Waals surface area contributed by atoms with Gasteiger partial charge in [0.1, 0.15) is 6.10 Å². The number of hydrogen-bond donors (Lipinski definition) is 1. The van der Waals surface area contributed by atoms with Gasteiger partial charge in [0, 0.05) is 6.54 Å². The second kappa shape index (κ2) is 7.16. The van der Waals surface area contributed by atoms with Crippen LogP contribution in [0.4, 0.5) is 13.6 Å². The van der Waals surface area contributed by atoms with Crippen molar-refractivity contribution < 1.29 is 23.1 Å². The van der Waals surface area contributed by atoms with Gasteiger partial charge in [-0.25, -0.2) is 19.1 Å². The van der Waals surface area contributed by atoms with Crippen LogP contribution in [0.1, 0.15) is 5.56 Å². The molecule has 2 amide bonds. The van der Waals surface area contributed by atoms with Crippen LogP contribution in [0, 0.1) is 0 Å². The summed E-state index contributed by atoms with van der Waals surface area (Å²) in [5.41, 5.74) is 3.15. The molecule has 1 heterocycles. The normalized spacial score (nSPS) is 19.1. The molecule has 0 aliphatic carbocycles. The van der Waals surface area contributed by atoms with Gasteiger partial charge in [-0.15, -0.1) is 0 Å². The molecule has 20 heavy (non-hydrogen) atoms. The molecule has 7 heteroatoms. The number of urea groups is 1. The minimum atomic E-state index is -2.60. The maximum absolute atomic E-state index is 12.5. The number of benzene rings is 1. The summed E-state index contributed by atoms with van der Waals surface area (Å²) in [6.07, 6.45) is -3.83. The third kappa shape index (κ3) is 4.14. The van der Waals surface area contributed by atoms with Crippen molar-refractivity contribution in [3.05, 3.63) is 35.9 Å². The lowest BCUT2D eigenvalue weighted by Crippen LogP contribution is -2.51. The molecule has 1 aromatic rings. The number of hydrogen-bond acceptors (Lipinski definition) is 3. The van der Waals surface area contributed by atoms with E-state index in [1.165, 1.54) is 4.90 Å². The van der Waals surface area contributed by atoms with E-state index in [-0.39, 0.29) is 26.3 Å². The number of rotatable bonds is 4. The third-order valence-corrected chi connectivity index (χ3v) is 2.90. The van der Waals surface area contributed by atoms with Crippen molar-refractivity contribution in [2.75, 3.05) is 19.7 Å². The monoisotopic (exact) mass is 286 g/mol. The molecule has 1 fully saturated rings. The molecule has 110 valence electrons. The minimum absolute atomic E-state index is 0.0983. The van der Waals surface area contributed by atoms with E-state index >= 15 is 0 Å². The molecule has 2 rings (SSSR count). The molecule has 1 aliphatic heterocycles. The molecule has 0 spiro atoms. The molecule has 1 unspecified atom stereocenters. The van der Waals surface area contributed by atoms with Gasteiger partial charge >= 0.3 is 6.03 Å². The number of carbonyl (C=O) groups excluding carboxylic acids is 1. The van der Waals surface area contributed by atoms with Crippen LogP contribution < -0.4 is 5.48 Å². The summed E-state index contributed by atoms with van der Waals surface area (Å²) in [5.74, 6) is 0. The zero-order valence-electron chi connectivity index (χ0n) is 10.8. The Labute approximate surface area is 115 Å². The van der Waals surface area contributed by atoms with Gasteiger partial charge in [-0.3, -0.25) is 4.84 Å². The fraction of sp³-hybridized carbons (Fsp3) is 0.462. The predicted octanol–water partition coefficient (Wildman–Crippen LogP) is 1.79. The van der Waals surface area contributed by atoms with Crippen LogP contribution >= 0.6 is 0 Å². The minimum Gasteiger partial charge on any atom is -0.369 e. The number of halogens is 2. The molecule has 0 radical (unpaired) electrons.